The maximum atomic E-state index is 12.4. The molecule has 1 aromatic heterocycles. The van der Waals surface area contributed by atoms with Gasteiger partial charge in [-0.05, 0) is 36.8 Å². The number of hydrogen-bond acceptors (Lipinski definition) is 5. The fraction of sp³-hybridized carbons (Fsp3) is 0.190. The summed E-state index contributed by atoms with van der Waals surface area (Å²) in [6, 6.07) is 10.8. The highest BCUT2D eigenvalue weighted by Gasteiger charge is 2.15. The van der Waals surface area contributed by atoms with E-state index in [0.717, 1.165) is 11.3 Å². The number of carbonyl (C=O) groups is 1. The lowest BCUT2D eigenvalue weighted by Crippen LogP contribution is -2.15. The second kappa shape index (κ2) is 10.9. The normalized spacial score (nSPS) is 10.7. The van der Waals surface area contributed by atoms with Crippen LogP contribution >= 0.6 is 46.6 Å². The molecule has 3 rings (SSSR count). The maximum Gasteiger partial charge on any atom is 0.234 e. The van der Waals surface area contributed by atoms with Crippen molar-refractivity contribution in [3.05, 3.63) is 75.5 Å². The van der Waals surface area contributed by atoms with Gasteiger partial charge in [0, 0.05) is 6.54 Å². The predicted molar refractivity (Wildman–Crippen MR) is 127 cm³/mol. The zero-order valence-electron chi connectivity index (χ0n) is 16.6. The predicted octanol–water partition coefficient (Wildman–Crippen LogP) is 6.04. The number of hydrogen-bond donors (Lipinski definition) is 1. The van der Waals surface area contributed by atoms with Gasteiger partial charge in [0.05, 0.1) is 26.5 Å². The average molecular weight is 498 g/mol. The van der Waals surface area contributed by atoms with E-state index in [0.29, 0.717) is 38.3 Å². The summed E-state index contributed by atoms with van der Waals surface area (Å²) in [5.74, 6) is 1.22. The molecule has 6 nitrogen and oxygen atoms in total. The molecule has 162 valence electrons. The minimum atomic E-state index is -0.268. The Bertz CT molecular complexity index is 1100. The van der Waals surface area contributed by atoms with E-state index in [-0.39, 0.29) is 18.3 Å². The Morgan fingerprint density at radius 2 is 1.97 bits per heavy atom. The van der Waals surface area contributed by atoms with Crippen LogP contribution in [0.2, 0.25) is 15.1 Å². The van der Waals surface area contributed by atoms with Crippen LogP contribution in [-0.4, -0.2) is 26.4 Å². The summed E-state index contributed by atoms with van der Waals surface area (Å²) in [7, 11) is 0. The van der Waals surface area contributed by atoms with Crippen LogP contribution in [0.5, 0.6) is 5.75 Å². The van der Waals surface area contributed by atoms with Gasteiger partial charge >= 0.3 is 0 Å². The maximum absolute atomic E-state index is 12.4. The first-order valence-electron chi connectivity index (χ1n) is 9.17. The van der Waals surface area contributed by atoms with E-state index in [4.69, 9.17) is 39.5 Å². The van der Waals surface area contributed by atoms with Gasteiger partial charge in [-0.25, -0.2) is 0 Å². The minimum absolute atomic E-state index is 0.102. The van der Waals surface area contributed by atoms with Crippen molar-refractivity contribution in [1.82, 2.24) is 14.8 Å². The van der Waals surface area contributed by atoms with Gasteiger partial charge in [-0.15, -0.1) is 16.8 Å². The Balaban J connectivity index is 1.64. The number of allylic oxidation sites excluding steroid dienone is 1. The number of halogens is 3. The molecule has 0 bridgehead atoms. The molecule has 0 spiro atoms. The zero-order valence-corrected chi connectivity index (χ0v) is 19.7. The first-order valence-corrected chi connectivity index (χ1v) is 11.3. The van der Waals surface area contributed by atoms with Gasteiger partial charge in [-0.1, -0.05) is 64.8 Å². The van der Waals surface area contributed by atoms with Crippen molar-refractivity contribution in [2.75, 3.05) is 11.1 Å². The number of aromatic nitrogens is 3. The van der Waals surface area contributed by atoms with Gasteiger partial charge in [0.1, 0.15) is 12.4 Å². The number of carbonyl (C=O) groups excluding carboxylic acids is 1. The van der Waals surface area contributed by atoms with Crippen molar-refractivity contribution < 1.29 is 9.53 Å². The highest BCUT2D eigenvalue weighted by molar-refractivity contribution is 7.99. The van der Waals surface area contributed by atoms with E-state index >= 15 is 0 Å². The van der Waals surface area contributed by atoms with Gasteiger partial charge < -0.3 is 10.1 Å². The number of amides is 1. The molecule has 0 saturated heterocycles. The van der Waals surface area contributed by atoms with E-state index in [1.807, 2.05) is 35.8 Å². The van der Waals surface area contributed by atoms with Crippen molar-refractivity contribution in [3.63, 3.8) is 0 Å². The number of benzene rings is 2. The molecule has 0 aliphatic rings. The number of nitrogens with zero attached hydrogens (tertiary/aromatic N) is 3. The Labute approximate surface area is 199 Å². The van der Waals surface area contributed by atoms with Crippen LogP contribution in [0, 0.1) is 6.92 Å². The molecule has 10 heteroatoms. The van der Waals surface area contributed by atoms with Gasteiger partial charge in [0.2, 0.25) is 5.91 Å². The molecule has 0 fully saturated rings. The summed E-state index contributed by atoms with van der Waals surface area (Å²) < 4.78 is 7.68. The SMILES string of the molecule is C=CCn1c(COc2cccc(C)c2)nnc1SCC(=O)Nc1cc(Cl)c(Cl)cc1Cl. The first-order chi connectivity index (χ1) is 14.9. The first kappa shape index (κ1) is 23.5. The Kier molecular flexibility index (Phi) is 8.26. The fourth-order valence-corrected chi connectivity index (χ4v) is 3.99. The lowest BCUT2D eigenvalue weighted by Gasteiger charge is -2.10. The van der Waals surface area contributed by atoms with Crippen molar-refractivity contribution >= 4 is 58.2 Å². The van der Waals surface area contributed by atoms with E-state index in [1.54, 1.807) is 6.08 Å². The highest BCUT2D eigenvalue weighted by Crippen LogP contribution is 2.32. The Morgan fingerprint density at radius 3 is 2.71 bits per heavy atom. The third-order valence-electron chi connectivity index (χ3n) is 4.08. The molecule has 0 aliphatic heterocycles. The van der Waals surface area contributed by atoms with Gasteiger partial charge in [-0.2, -0.15) is 0 Å². The lowest BCUT2D eigenvalue weighted by atomic mass is 10.2. The Hall–Kier alpha value is -2.19. The topological polar surface area (TPSA) is 69.0 Å². The molecule has 0 saturated carbocycles. The van der Waals surface area contributed by atoms with E-state index in [2.05, 4.69) is 22.1 Å². The van der Waals surface area contributed by atoms with Crippen LogP contribution in [-0.2, 0) is 17.9 Å². The molecule has 0 radical (unpaired) electrons. The summed E-state index contributed by atoms with van der Waals surface area (Å²) in [4.78, 5) is 12.4. The summed E-state index contributed by atoms with van der Waals surface area (Å²) in [6.45, 7) is 6.51. The van der Waals surface area contributed by atoms with E-state index in [1.165, 1.54) is 23.9 Å². The fourth-order valence-electron chi connectivity index (χ4n) is 2.63. The number of aryl methyl sites for hydroxylation is 1. The van der Waals surface area contributed by atoms with E-state index < -0.39 is 0 Å². The van der Waals surface area contributed by atoms with Gasteiger partial charge in [-0.3, -0.25) is 9.36 Å². The minimum Gasteiger partial charge on any atom is -0.486 e. The number of thioether (sulfide) groups is 1. The van der Waals surface area contributed by atoms with Crippen molar-refractivity contribution in [2.45, 2.75) is 25.2 Å². The second-order valence-electron chi connectivity index (χ2n) is 6.49. The van der Waals surface area contributed by atoms with Crippen molar-refractivity contribution in [2.24, 2.45) is 0 Å². The Morgan fingerprint density at radius 1 is 1.19 bits per heavy atom. The van der Waals surface area contributed by atoms with Gasteiger partial charge in [0.25, 0.3) is 0 Å². The zero-order chi connectivity index (χ0) is 22.4. The standard InChI is InChI=1S/C21H19Cl3N4O2S/c1-3-7-28-19(11-30-14-6-4-5-13(2)8-14)26-27-21(28)31-12-20(29)25-18-10-16(23)15(22)9-17(18)24/h3-6,8-10H,1,7,11-12H2,2H3,(H,25,29). The summed E-state index contributed by atoms with van der Waals surface area (Å²) in [5, 5.41) is 12.6. The highest BCUT2D eigenvalue weighted by atomic mass is 35.5. The summed E-state index contributed by atoms with van der Waals surface area (Å²) in [6.07, 6.45) is 1.74. The summed E-state index contributed by atoms with van der Waals surface area (Å²) >= 11 is 19.3. The molecule has 0 unspecified atom stereocenters. The number of nitrogens with one attached hydrogen (secondary N) is 1. The molecule has 31 heavy (non-hydrogen) atoms. The largest absolute Gasteiger partial charge is 0.486 e. The number of ether oxygens (including phenoxy) is 1. The van der Waals surface area contributed by atoms with Crippen LogP contribution in [0.1, 0.15) is 11.4 Å². The lowest BCUT2D eigenvalue weighted by molar-refractivity contribution is -0.113. The number of rotatable bonds is 9. The molecular weight excluding hydrogens is 479 g/mol. The van der Waals surface area contributed by atoms with Crippen LogP contribution in [0.25, 0.3) is 0 Å². The molecular formula is C21H19Cl3N4O2S. The van der Waals surface area contributed by atoms with E-state index in [9.17, 15) is 4.79 Å². The van der Waals surface area contributed by atoms with Gasteiger partial charge in [0.15, 0.2) is 11.0 Å². The van der Waals surface area contributed by atoms with Crippen LogP contribution in [0.15, 0.2) is 54.2 Å². The molecule has 1 N–H and O–H groups in total. The summed E-state index contributed by atoms with van der Waals surface area (Å²) in [5.41, 5.74) is 1.50. The molecule has 0 atom stereocenters. The molecule has 1 amide bonds. The smallest absolute Gasteiger partial charge is 0.234 e. The monoisotopic (exact) mass is 496 g/mol. The quantitative estimate of drug-likeness (QED) is 0.222. The molecule has 0 aliphatic carbocycles. The van der Waals surface area contributed by atoms with Crippen molar-refractivity contribution in [3.8, 4) is 5.75 Å². The second-order valence-corrected chi connectivity index (χ2v) is 8.65. The van der Waals surface area contributed by atoms with Crippen molar-refractivity contribution in [1.29, 1.82) is 0 Å². The molecule has 2 aromatic carbocycles. The molecule has 3 aromatic rings. The third kappa shape index (κ3) is 6.40. The third-order valence-corrected chi connectivity index (χ3v) is 6.08. The average Bonchev–Trinajstić information content (AvgIpc) is 3.11. The van der Waals surface area contributed by atoms with Crippen LogP contribution in [0.4, 0.5) is 5.69 Å². The molecule has 1 heterocycles. The van der Waals surface area contributed by atoms with Crippen LogP contribution < -0.4 is 10.1 Å². The van der Waals surface area contributed by atoms with Crippen LogP contribution in [0.3, 0.4) is 0 Å². The number of anilines is 1.